The van der Waals surface area contributed by atoms with Gasteiger partial charge < -0.3 is 24.7 Å². The zero-order chi connectivity index (χ0) is 29.0. The third-order valence-electron chi connectivity index (χ3n) is 8.27. The van der Waals surface area contributed by atoms with Crippen LogP contribution in [0, 0.1) is 11.3 Å². The minimum atomic E-state index is 0.454. The number of aromatic amines is 1. The first kappa shape index (κ1) is 27.0. The highest BCUT2D eigenvalue weighted by Crippen LogP contribution is 2.27. The summed E-state index contributed by atoms with van der Waals surface area (Å²) in [7, 11) is 0. The summed E-state index contributed by atoms with van der Waals surface area (Å²) in [6, 6.07) is 26.9. The molecule has 0 amide bonds. The number of para-hydroxylation sites is 1. The third-order valence-corrected chi connectivity index (χ3v) is 8.27. The van der Waals surface area contributed by atoms with Gasteiger partial charge in [0.25, 0.3) is 0 Å². The van der Waals surface area contributed by atoms with Gasteiger partial charge in [-0.15, -0.1) is 0 Å². The number of fused-ring (bicyclic) bond motifs is 1. The van der Waals surface area contributed by atoms with E-state index >= 15 is 0 Å². The van der Waals surface area contributed by atoms with Crippen molar-refractivity contribution >= 4 is 28.1 Å². The Balaban J connectivity index is 0.974. The number of nitriles is 1. The van der Waals surface area contributed by atoms with Crippen LogP contribution in [-0.2, 0) is 11.2 Å². The number of rotatable bonds is 9. The number of aromatic nitrogens is 3. The van der Waals surface area contributed by atoms with Crippen LogP contribution >= 0.6 is 0 Å². The van der Waals surface area contributed by atoms with Crippen molar-refractivity contribution in [2.24, 2.45) is 0 Å². The molecule has 0 unspecified atom stereocenters. The smallest absolute Gasteiger partial charge is 0.161 e. The average Bonchev–Trinajstić information content (AvgIpc) is 3.44. The van der Waals surface area contributed by atoms with Crippen LogP contribution < -0.4 is 15.0 Å². The maximum atomic E-state index is 9.83. The van der Waals surface area contributed by atoms with E-state index < -0.39 is 0 Å². The van der Waals surface area contributed by atoms with Gasteiger partial charge in [0.15, 0.2) is 5.82 Å². The highest BCUT2D eigenvalue weighted by atomic mass is 16.5. The van der Waals surface area contributed by atoms with Gasteiger partial charge in [-0.25, -0.2) is 9.97 Å². The van der Waals surface area contributed by atoms with Crippen LogP contribution in [0.5, 0.6) is 5.75 Å². The first-order chi connectivity index (χ1) is 21.2. The van der Waals surface area contributed by atoms with E-state index in [1.165, 1.54) is 16.6 Å². The van der Waals surface area contributed by atoms with Gasteiger partial charge in [-0.2, -0.15) is 5.26 Å². The Morgan fingerprint density at radius 3 is 2.63 bits per heavy atom. The summed E-state index contributed by atoms with van der Waals surface area (Å²) in [5.41, 5.74) is 5.69. The van der Waals surface area contributed by atoms with Gasteiger partial charge in [-0.05, 0) is 60.2 Å². The van der Waals surface area contributed by atoms with Crippen molar-refractivity contribution in [3.8, 4) is 23.2 Å². The molecule has 5 aromatic rings. The molecule has 4 heterocycles. The van der Waals surface area contributed by atoms with Gasteiger partial charge in [0.1, 0.15) is 17.6 Å². The highest BCUT2D eigenvalue weighted by molar-refractivity contribution is 5.83. The zero-order valence-electron chi connectivity index (χ0n) is 23.9. The van der Waals surface area contributed by atoms with E-state index in [4.69, 9.17) is 14.5 Å². The van der Waals surface area contributed by atoms with Crippen molar-refractivity contribution in [3.63, 3.8) is 0 Å². The minimum Gasteiger partial charge on any atom is -0.492 e. The first-order valence-electron chi connectivity index (χ1n) is 14.7. The van der Waals surface area contributed by atoms with Crippen LogP contribution in [0.2, 0.25) is 0 Å². The van der Waals surface area contributed by atoms with E-state index in [0.29, 0.717) is 35.6 Å². The van der Waals surface area contributed by atoms with Crippen LogP contribution in [-0.4, -0.2) is 71.9 Å². The molecule has 3 aromatic carbocycles. The normalized spacial score (nSPS) is 15.7. The van der Waals surface area contributed by atoms with Crippen molar-refractivity contribution in [1.82, 2.24) is 19.9 Å². The van der Waals surface area contributed by atoms with Crippen molar-refractivity contribution in [2.45, 2.75) is 12.5 Å². The second-order valence-corrected chi connectivity index (χ2v) is 10.9. The highest BCUT2D eigenvalue weighted by Gasteiger charge is 2.28. The molecule has 9 heteroatoms. The Labute approximate surface area is 250 Å². The van der Waals surface area contributed by atoms with Crippen molar-refractivity contribution < 1.29 is 9.47 Å². The lowest BCUT2D eigenvalue weighted by molar-refractivity contribution is -0.0660. The van der Waals surface area contributed by atoms with Crippen molar-refractivity contribution in [2.75, 3.05) is 56.2 Å². The Morgan fingerprint density at radius 2 is 1.84 bits per heavy atom. The predicted molar refractivity (Wildman–Crippen MR) is 168 cm³/mol. The van der Waals surface area contributed by atoms with Gasteiger partial charge in [0.2, 0.25) is 0 Å². The number of benzene rings is 3. The van der Waals surface area contributed by atoms with E-state index in [2.05, 4.69) is 67.6 Å². The lowest BCUT2D eigenvalue weighted by Crippen LogP contribution is -2.56. The van der Waals surface area contributed by atoms with Crippen molar-refractivity contribution in [3.05, 3.63) is 96.3 Å². The molecule has 0 saturated carbocycles. The molecule has 0 atom stereocenters. The average molecular weight is 572 g/mol. The predicted octanol–water partition coefficient (Wildman–Crippen LogP) is 5.38. The SMILES string of the molecule is N#Cc1cc(-c2nccc(Nc3ccc(N4CCN(C5COC5)CC4)cc3)n2)ccc1OCCc1c[nH]c2ccccc12. The molecule has 2 aliphatic rings. The zero-order valence-corrected chi connectivity index (χ0v) is 23.9. The summed E-state index contributed by atoms with van der Waals surface area (Å²) in [4.78, 5) is 17.4. The van der Waals surface area contributed by atoms with Crippen LogP contribution in [0.3, 0.4) is 0 Å². The molecule has 2 aliphatic heterocycles. The molecular weight excluding hydrogens is 538 g/mol. The summed E-state index contributed by atoms with van der Waals surface area (Å²) in [6.07, 6.45) is 4.48. The fourth-order valence-corrected chi connectivity index (χ4v) is 5.74. The number of hydrogen-bond acceptors (Lipinski definition) is 8. The summed E-state index contributed by atoms with van der Waals surface area (Å²) < 4.78 is 11.4. The molecule has 7 rings (SSSR count). The van der Waals surface area contributed by atoms with Crippen LogP contribution in [0.25, 0.3) is 22.3 Å². The largest absolute Gasteiger partial charge is 0.492 e. The van der Waals surface area contributed by atoms with Crippen LogP contribution in [0.15, 0.2) is 85.2 Å². The second-order valence-electron chi connectivity index (χ2n) is 10.9. The molecule has 0 aliphatic carbocycles. The third kappa shape index (κ3) is 5.89. The van der Waals surface area contributed by atoms with E-state index in [1.54, 1.807) is 12.3 Å². The number of hydrogen-bond donors (Lipinski definition) is 2. The van der Waals surface area contributed by atoms with Crippen LogP contribution in [0.4, 0.5) is 17.2 Å². The standard InChI is InChI=1S/C34H33N7O2/c35-20-26-19-24(5-10-32(26)43-18-12-25-21-37-31-4-2-1-3-30(25)31)34-36-13-11-33(39-34)38-27-6-8-28(9-7-27)40-14-16-41(17-15-40)29-22-42-23-29/h1-11,13,19,21,29,37H,12,14-18,22-23H2,(H,36,38,39). The van der Waals surface area contributed by atoms with Gasteiger partial charge in [0, 0.05) is 72.8 Å². The molecular formula is C34H33N7O2. The first-order valence-corrected chi connectivity index (χ1v) is 14.7. The summed E-state index contributed by atoms with van der Waals surface area (Å²) in [6.45, 7) is 6.41. The summed E-state index contributed by atoms with van der Waals surface area (Å²) in [5.74, 6) is 1.78. The van der Waals surface area contributed by atoms with E-state index in [0.717, 1.165) is 62.6 Å². The fourth-order valence-electron chi connectivity index (χ4n) is 5.74. The fraction of sp³-hybridized carbons (Fsp3) is 0.265. The number of ether oxygens (including phenoxy) is 2. The minimum absolute atomic E-state index is 0.454. The van der Waals surface area contributed by atoms with Gasteiger partial charge in [0.05, 0.1) is 31.4 Å². The molecule has 0 spiro atoms. The molecule has 43 heavy (non-hydrogen) atoms. The molecule has 2 aromatic heterocycles. The number of nitrogens with one attached hydrogen (secondary N) is 2. The van der Waals surface area contributed by atoms with Gasteiger partial charge >= 0.3 is 0 Å². The Morgan fingerprint density at radius 1 is 1.00 bits per heavy atom. The van der Waals surface area contributed by atoms with Crippen molar-refractivity contribution in [1.29, 1.82) is 5.26 Å². The molecule has 9 nitrogen and oxygen atoms in total. The molecule has 2 N–H and O–H groups in total. The van der Waals surface area contributed by atoms with Crippen LogP contribution in [0.1, 0.15) is 11.1 Å². The number of nitrogens with zero attached hydrogens (tertiary/aromatic N) is 5. The number of anilines is 3. The van der Waals surface area contributed by atoms with E-state index in [-0.39, 0.29) is 0 Å². The van der Waals surface area contributed by atoms with E-state index in [1.807, 2.05) is 36.5 Å². The molecule has 0 bridgehead atoms. The molecule has 2 saturated heterocycles. The Bertz CT molecular complexity index is 1750. The second kappa shape index (κ2) is 12.1. The maximum absolute atomic E-state index is 9.83. The quantitative estimate of drug-likeness (QED) is 0.243. The Kier molecular flexibility index (Phi) is 7.61. The summed E-state index contributed by atoms with van der Waals surface area (Å²) in [5, 5.41) is 14.4. The lowest BCUT2D eigenvalue weighted by atomic mass is 10.1. The number of H-pyrrole nitrogens is 1. The lowest BCUT2D eigenvalue weighted by Gasteiger charge is -2.43. The topological polar surface area (TPSA) is 102 Å². The Hall–Kier alpha value is -4.91. The summed E-state index contributed by atoms with van der Waals surface area (Å²) >= 11 is 0. The van der Waals surface area contributed by atoms with E-state index in [9.17, 15) is 5.26 Å². The maximum Gasteiger partial charge on any atom is 0.161 e. The molecule has 2 fully saturated rings. The molecule has 216 valence electrons. The molecule has 0 radical (unpaired) electrons. The monoisotopic (exact) mass is 571 g/mol. The number of piperazine rings is 1. The van der Waals surface area contributed by atoms with Gasteiger partial charge in [-0.3, -0.25) is 4.90 Å². The van der Waals surface area contributed by atoms with Gasteiger partial charge in [-0.1, -0.05) is 18.2 Å².